The van der Waals surface area contributed by atoms with Gasteiger partial charge < -0.3 is 19.0 Å². The third-order valence-corrected chi connectivity index (χ3v) is 4.38. The molecule has 5 nitrogen and oxygen atoms in total. The molecular weight excluding hydrogens is 318 g/mol. The van der Waals surface area contributed by atoms with Crippen LogP contribution < -0.4 is 4.74 Å². The summed E-state index contributed by atoms with van der Waals surface area (Å²) in [6, 6.07) is 11.7. The van der Waals surface area contributed by atoms with E-state index in [0.29, 0.717) is 13.1 Å². The molecule has 1 aromatic carbocycles. The van der Waals surface area contributed by atoms with Crippen molar-refractivity contribution in [1.29, 1.82) is 0 Å². The molecule has 0 bridgehead atoms. The molecule has 0 saturated carbocycles. The maximum absolute atomic E-state index is 10.4. The third-order valence-electron chi connectivity index (χ3n) is 4.38. The molecule has 1 aliphatic rings. The highest BCUT2D eigenvalue weighted by Crippen LogP contribution is 2.16. The summed E-state index contributed by atoms with van der Waals surface area (Å²) in [5, 5.41) is 10.4. The van der Waals surface area contributed by atoms with Gasteiger partial charge in [-0.15, -0.1) is 0 Å². The SMILES string of the molecule is Cc1ccc(OCC(O)CN(Cc2ccco2)CC2CCCO2)cc1. The normalized spacial score (nSPS) is 18.6. The van der Waals surface area contributed by atoms with Crippen LogP contribution in [-0.4, -0.2) is 48.5 Å². The molecule has 1 saturated heterocycles. The van der Waals surface area contributed by atoms with Crippen LogP contribution >= 0.6 is 0 Å². The number of aliphatic hydroxyl groups is 1. The van der Waals surface area contributed by atoms with Gasteiger partial charge in [0.15, 0.2) is 0 Å². The lowest BCUT2D eigenvalue weighted by Gasteiger charge is -2.26. The van der Waals surface area contributed by atoms with E-state index in [1.165, 1.54) is 5.56 Å². The summed E-state index contributed by atoms with van der Waals surface area (Å²) in [5.74, 6) is 1.67. The lowest BCUT2D eigenvalue weighted by molar-refractivity contribution is 0.0290. The standard InChI is InChI=1S/C20H27NO4/c1-16-6-8-18(9-7-16)25-15-17(22)12-21(13-19-4-2-10-23-19)14-20-5-3-11-24-20/h2,4,6-10,17,20,22H,3,5,11-15H2,1H3. The Balaban J connectivity index is 1.51. The van der Waals surface area contributed by atoms with E-state index in [0.717, 1.165) is 37.5 Å². The number of hydrogen-bond donors (Lipinski definition) is 1. The second kappa shape index (κ2) is 9.04. The smallest absolute Gasteiger partial charge is 0.119 e. The molecule has 5 heteroatoms. The fourth-order valence-corrected chi connectivity index (χ4v) is 3.08. The number of ether oxygens (including phenoxy) is 2. The molecule has 2 unspecified atom stereocenters. The molecule has 2 aromatic rings. The Labute approximate surface area is 149 Å². The molecule has 1 aliphatic heterocycles. The Morgan fingerprint density at radius 3 is 2.80 bits per heavy atom. The largest absolute Gasteiger partial charge is 0.491 e. The lowest BCUT2D eigenvalue weighted by atomic mass is 10.2. The van der Waals surface area contributed by atoms with Crippen molar-refractivity contribution in [2.75, 3.05) is 26.3 Å². The van der Waals surface area contributed by atoms with Crippen LogP contribution in [0.4, 0.5) is 0 Å². The van der Waals surface area contributed by atoms with E-state index >= 15 is 0 Å². The molecule has 1 aromatic heterocycles. The Kier molecular flexibility index (Phi) is 6.50. The first kappa shape index (κ1) is 18.0. The minimum Gasteiger partial charge on any atom is -0.491 e. The zero-order valence-corrected chi connectivity index (χ0v) is 14.8. The van der Waals surface area contributed by atoms with E-state index in [4.69, 9.17) is 13.9 Å². The highest BCUT2D eigenvalue weighted by molar-refractivity contribution is 5.26. The number of furan rings is 1. The van der Waals surface area contributed by atoms with Gasteiger partial charge in [0, 0.05) is 19.7 Å². The summed E-state index contributed by atoms with van der Waals surface area (Å²) >= 11 is 0. The second-order valence-electron chi connectivity index (χ2n) is 6.69. The Morgan fingerprint density at radius 2 is 2.12 bits per heavy atom. The van der Waals surface area contributed by atoms with E-state index in [9.17, 15) is 5.11 Å². The van der Waals surface area contributed by atoms with Gasteiger partial charge in [-0.05, 0) is 44.0 Å². The number of nitrogens with zero attached hydrogens (tertiary/aromatic N) is 1. The Hall–Kier alpha value is -1.82. The molecule has 0 amide bonds. The molecule has 3 rings (SSSR count). The molecule has 0 radical (unpaired) electrons. The van der Waals surface area contributed by atoms with Crippen LogP contribution in [0.5, 0.6) is 5.75 Å². The molecule has 1 fully saturated rings. The van der Waals surface area contributed by atoms with E-state index in [2.05, 4.69) is 4.90 Å². The first-order valence-electron chi connectivity index (χ1n) is 8.93. The van der Waals surface area contributed by atoms with Crippen LogP contribution in [0.2, 0.25) is 0 Å². The summed E-state index contributed by atoms with van der Waals surface area (Å²) in [4.78, 5) is 2.18. The maximum atomic E-state index is 10.4. The maximum Gasteiger partial charge on any atom is 0.119 e. The van der Waals surface area contributed by atoms with E-state index in [-0.39, 0.29) is 12.7 Å². The summed E-state index contributed by atoms with van der Waals surface area (Å²) < 4.78 is 16.9. The van der Waals surface area contributed by atoms with Crippen LogP contribution in [0.25, 0.3) is 0 Å². The summed E-state index contributed by atoms with van der Waals surface area (Å²) in [7, 11) is 0. The van der Waals surface area contributed by atoms with Crippen molar-refractivity contribution >= 4 is 0 Å². The van der Waals surface area contributed by atoms with E-state index in [1.807, 2.05) is 43.3 Å². The van der Waals surface area contributed by atoms with Crippen LogP contribution in [0.15, 0.2) is 47.1 Å². The summed E-state index contributed by atoms with van der Waals surface area (Å²) in [6.07, 6.45) is 3.53. The fraction of sp³-hybridized carbons (Fsp3) is 0.500. The number of aliphatic hydroxyl groups excluding tert-OH is 1. The van der Waals surface area contributed by atoms with Crippen LogP contribution in [0.3, 0.4) is 0 Å². The summed E-state index contributed by atoms with van der Waals surface area (Å²) in [6.45, 7) is 5.11. The third kappa shape index (κ3) is 5.88. The molecule has 25 heavy (non-hydrogen) atoms. The van der Waals surface area contributed by atoms with Gasteiger partial charge in [-0.1, -0.05) is 17.7 Å². The highest BCUT2D eigenvalue weighted by atomic mass is 16.5. The van der Waals surface area contributed by atoms with Crippen molar-refractivity contribution in [2.45, 2.75) is 38.5 Å². The van der Waals surface area contributed by atoms with Gasteiger partial charge in [0.25, 0.3) is 0 Å². The van der Waals surface area contributed by atoms with Gasteiger partial charge in [-0.2, -0.15) is 0 Å². The molecule has 136 valence electrons. The van der Waals surface area contributed by atoms with Crippen LogP contribution in [-0.2, 0) is 11.3 Å². The van der Waals surface area contributed by atoms with E-state index < -0.39 is 6.10 Å². The minimum absolute atomic E-state index is 0.236. The van der Waals surface area contributed by atoms with Gasteiger partial charge in [0.2, 0.25) is 0 Å². The predicted molar refractivity (Wildman–Crippen MR) is 95.6 cm³/mol. The molecule has 2 heterocycles. The molecule has 0 aliphatic carbocycles. The van der Waals surface area contributed by atoms with Crippen LogP contribution in [0, 0.1) is 6.92 Å². The quantitative estimate of drug-likeness (QED) is 0.757. The number of aryl methyl sites for hydroxylation is 1. The lowest BCUT2D eigenvalue weighted by Crippen LogP contribution is -2.39. The first-order chi connectivity index (χ1) is 12.2. The topological polar surface area (TPSA) is 55.1 Å². The average molecular weight is 345 g/mol. The fourth-order valence-electron chi connectivity index (χ4n) is 3.08. The van der Waals surface area contributed by atoms with Crippen LogP contribution in [0.1, 0.15) is 24.2 Å². The van der Waals surface area contributed by atoms with Crippen molar-refractivity contribution in [1.82, 2.24) is 4.90 Å². The second-order valence-corrected chi connectivity index (χ2v) is 6.69. The van der Waals surface area contributed by atoms with E-state index in [1.54, 1.807) is 6.26 Å². The Bertz CT molecular complexity index is 605. The molecule has 2 atom stereocenters. The van der Waals surface area contributed by atoms with Gasteiger partial charge >= 0.3 is 0 Å². The van der Waals surface area contributed by atoms with Gasteiger partial charge in [-0.3, -0.25) is 4.90 Å². The first-order valence-corrected chi connectivity index (χ1v) is 8.93. The average Bonchev–Trinajstić information content (AvgIpc) is 3.28. The zero-order chi connectivity index (χ0) is 17.5. The van der Waals surface area contributed by atoms with Gasteiger partial charge in [-0.25, -0.2) is 0 Å². The van der Waals surface area contributed by atoms with Crippen molar-refractivity contribution < 1.29 is 19.0 Å². The summed E-state index contributed by atoms with van der Waals surface area (Å²) in [5.41, 5.74) is 1.19. The van der Waals surface area contributed by atoms with Gasteiger partial charge in [0.1, 0.15) is 24.2 Å². The number of benzene rings is 1. The molecule has 1 N–H and O–H groups in total. The van der Waals surface area contributed by atoms with Crippen molar-refractivity contribution in [3.63, 3.8) is 0 Å². The zero-order valence-electron chi connectivity index (χ0n) is 14.8. The van der Waals surface area contributed by atoms with Gasteiger partial charge in [0.05, 0.1) is 18.9 Å². The highest BCUT2D eigenvalue weighted by Gasteiger charge is 2.22. The Morgan fingerprint density at radius 1 is 1.28 bits per heavy atom. The number of hydrogen-bond acceptors (Lipinski definition) is 5. The predicted octanol–water partition coefficient (Wildman–Crippen LogP) is 3.01. The van der Waals surface area contributed by atoms with Crippen molar-refractivity contribution in [3.8, 4) is 5.75 Å². The number of rotatable bonds is 9. The minimum atomic E-state index is -0.572. The molecular formula is C20H27NO4. The molecule has 0 spiro atoms. The van der Waals surface area contributed by atoms with Crippen molar-refractivity contribution in [3.05, 3.63) is 54.0 Å². The monoisotopic (exact) mass is 345 g/mol. The van der Waals surface area contributed by atoms with Crippen molar-refractivity contribution in [2.24, 2.45) is 0 Å².